The van der Waals surface area contributed by atoms with Gasteiger partial charge in [0.1, 0.15) is 12.4 Å². The number of hydrogen-bond acceptors (Lipinski definition) is 2. The lowest BCUT2D eigenvalue weighted by atomic mass is 10.2. The Morgan fingerprint density at radius 3 is 2.50 bits per heavy atom. The maximum absolute atomic E-state index is 5.64. The van der Waals surface area contributed by atoms with Gasteiger partial charge in [-0.3, -0.25) is 4.90 Å². The van der Waals surface area contributed by atoms with Crippen LogP contribution in [0.25, 0.3) is 0 Å². The zero-order valence-electron chi connectivity index (χ0n) is 10.5. The minimum atomic E-state index is 0.715. The first-order chi connectivity index (χ1) is 7.58. The highest BCUT2D eigenvalue weighted by Gasteiger charge is 1.99. The molecule has 0 aliphatic rings. The van der Waals surface area contributed by atoms with Crippen LogP contribution in [0.2, 0.25) is 0 Å². The summed E-state index contributed by atoms with van der Waals surface area (Å²) in [7, 11) is 2.08. The lowest BCUT2D eigenvalue weighted by molar-refractivity contribution is 0.247. The standard InChI is InChI=1S/C14H21NO/c1-12(2)11-15(4)9-10-16-14-7-5-13(3)6-8-14/h5-8H,1,9-11H2,2-4H3. The first-order valence-corrected chi connectivity index (χ1v) is 5.60. The zero-order chi connectivity index (χ0) is 12.0. The Balaban J connectivity index is 2.25. The Labute approximate surface area is 98.5 Å². The van der Waals surface area contributed by atoms with Gasteiger partial charge in [-0.05, 0) is 33.0 Å². The van der Waals surface area contributed by atoms with Crippen molar-refractivity contribution in [3.63, 3.8) is 0 Å². The van der Waals surface area contributed by atoms with Crippen molar-refractivity contribution in [3.8, 4) is 5.75 Å². The SMILES string of the molecule is C=C(C)CN(C)CCOc1ccc(C)cc1. The fraction of sp³-hybridized carbons (Fsp3) is 0.429. The number of nitrogens with zero attached hydrogens (tertiary/aromatic N) is 1. The van der Waals surface area contributed by atoms with Gasteiger partial charge in [0.25, 0.3) is 0 Å². The van der Waals surface area contributed by atoms with Crippen molar-refractivity contribution in [2.45, 2.75) is 13.8 Å². The van der Waals surface area contributed by atoms with Crippen LogP contribution < -0.4 is 4.74 Å². The molecule has 2 nitrogen and oxygen atoms in total. The molecule has 0 N–H and O–H groups in total. The second-order valence-electron chi connectivity index (χ2n) is 4.36. The van der Waals surface area contributed by atoms with Crippen LogP contribution in [-0.2, 0) is 0 Å². The Morgan fingerprint density at radius 2 is 1.94 bits per heavy atom. The van der Waals surface area contributed by atoms with Crippen LogP contribution in [0.4, 0.5) is 0 Å². The first kappa shape index (κ1) is 12.8. The summed E-state index contributed by atoms with van der Waals surface area (Å²) >= 11 is 0. The van der Waals surface area contributed by atoms with Crippen molar-refractivity contribution < 1.29 is 4.74 Å². The van der Waals surface area contributed by atoms with Crippen LogP contribution >= 0.6 is 0 Å². The molecule has 1 aromatic rings. The van der Waals surface area contributed by atoms with E-state index in [1.165, 1.54) is 11.1 Å². The molecule has 1 rings (SSSR count). The Kier molecular flexibility index (Phi) is 5.06. The van der Waals surface area contributed by atoms with Crippen LogP contribution in [0.1, 0.15) is 12.5 Å². The maximum atomic E-state index is 5.64. The van der Waals surface area contributed by atoms with Gasteiger partial charge >= 0.3 is 0 Å². The van der Waals surface area contributed by atoms with Crippen LogP contribution in [-0.4, -0.2) is 31.6 Å². The number of likely N-dealkylation sites (N-methyl/N-ethyl adjacent to an activating group) is 1. The van der Waals surface area contributed by atoms with Gasteiger partial charge in [0, 0.05) is 13.1 Å². The minimum absolute atomic E-state index is 0.715. The molecule has 0 unspecified atom stereocenters. The minimum Gasteiger partial charge on any atom is -0.492 e. The molecule has 0 saturated heterocycles. The zero-order valence-corrected chi connectivity index (χ0v) is 10.5. The van der Waals surface area contributed by atoms with Gasteiger partial charge in [-0.2, -0.15) is 0 Å². The largest absolute Gasteiger partial charge is 0.492 e. The molecule has 2 heteroatoms. The molecule has 0 aliphatic heterocycles. The smallest absolute Gasteiger partial charge is 0.119 e. The highest BCUT2D eigenvalue weighted by molar-refractivity contribution is 5.26. The summed E-state index contributed by atoms with van der Waals surface area (Å²) in [5.41, 5.74) is 2.43. The van der Waals surface area contributed by atoms with Crippen molar-refractivity contribution in [3.05, 3.63) is 42.0 Å². The third-order valence-electron chi connectivity index (χ3n) is 2.30. The monoisotopic (exact) mass is 219 g/mol. The molecule has 0 spiro atoms. The van der Waals surface area contributed by atoms with Gasteiger partial charge in [0.15, 0.2) is 0 Å². The van der Waals surface area contributed by atoms with Crippen molar-refractivity contribution in [2.24, 2.45) is 0 Å². The van der Waals surface area contributed by atoms with E-state index in [0.29, 0.717) is 6.61 Å². The number of aryl methyl sites for hydroxylation is 1. The molecule has 0 atom stereocenters. The van der Waals surface area contributed by atoms with Crippen molar-refractivity contribution in [2.75, 3.05) is 26.7 Å². The van der Waals surface area contributed by atoms with Crippen molar-refractivity contribution >= 4 is 0 Å². The summed E-state index contributed by atoms with van der Waals surface area (Å²) in [6.07, 6.45) is 0. The molecule has 16 heavy (non-hydrogen) atoms. The summed E-state index contributed by atoms with van der Waals surface area (Å²) in [5.74, 6) is 0.939. The quantitative estimate of drug-likeness (QED) is 0.682. The molecule has 0 fully saturated rings. The number of rotatable bonds is 6. The lowest BCUT2D eigenvalue weighted by Crippen LogP contribution is -2.25. The van der Waals surface area contributed by atoms with Gasteiger partial charge in [0.05, 0.1) is 0 Å². The fourth-order valence-electron chi connectivity index (χ4n) is 1.49. The van der Waals surface area contributed by atoms with Crippen molar-refractivity contribution in [1.82, 2.24) is 4.90 Å². The summed E-state index contributed by atoms with van der Waals surface area (Å²) in [4.78, 5) is 2.20. The topological polar surface area (TPSA) is 12.5 Å². The van der Waals surface area contributed by atoms with E-state index in [1.807, 2.05) is 19.1 Å². The third kappa shape index (κ3) is 4.99. The van der Waals surface area contributed by atoms with Gasteiger partial charge in [0.2, 0.25) is 0 Å². The van der Waals surface area contributed by atoms with Gasteiger partial charge in [-0.15, -0.1) is 0 Å². The van der Waals surface area contributed by atoms with E-state index in [4.69, 9.17) is 4.74 Å². The average Bonchev–Trinajstić information content (AvgIpc) is 2.20. The molecule has 0 aliphatic carbocycles. The van der Waals surface area contributed by atoms with E-state index < -0.39 is 0 Å². The second kappa shape index (κ2) is 6.33. The van der Waals surface area contributed by atoms with Crippen molar-refractivity contribution in [1.29, 1.82) is 0 Å². The van der Waals surface area contributed by atoms with Gasteiger partial charge < -0.3 is 4.74 Å². The fourth-order valence-corrected chi connectivity index (χ4v) is 1.49. The Hall–Kier alpha value is -1.28. The van der Waals surface area contributed by atoms with E-state index >= 15 is 0 Å². The Morgan fingerprint density at radius 1 is 1.31 bits per heavy atom. The lowest BCUT2D eigenvalue weighted by Gasteiger charge is -2.16. The van der Waals surface area contributed by atoms with E-state index in [-0.39, 0.29) is 0 Å². The molecule has 0 saturated carbocycles. The van der Waals surface area contributed by atoms with E-state index in [1.54, 1.807) is 0 Å². The molecule has 0 radical (unpaired) electrons. The maximum Gasteiger partial charge on any atom is 0.119 e. The molecule has 0 heterocycles. The summed E-state index contributed by atoms with van der Waals surface area (Å²) in [6, 6.07) is 8.14. The highest BCUT2D eigenvalue weighted by Crippen LogP contribution is 2.11. The Bertz CT molecular complexity index is 329. The summed E-state index contributed by atoms with van der Waals surface area (Å²) < 4.78 is 5.64. The van der Waals surface area contributed by atoms with Crippen LogP contribution in [0, 0.1) is 6.92 Å². The molecule has 88 valence electrons. The molecule has 1 aromatic carbocycles. The summed E-state index contributed by atoms with van der Waals surface area (Å²) in [6.45, 7) is 10.6. The molecule has 0 aromatic heterocycles. The van der Waals surface area contributed by atoms with E-state index in [9.17, 15) is 0 Å². The molecule has 0 amide bonds. The van der Waals surface area contributed by atoms with Gasteiger partial charge in [-0.25, -0.2) is 0 Å². The van der Waals surface area contributed by atoms with Crippen LogP contribution in [0.15, 0.2) is 36.4 Å². The normalized spacial score (nSPS) is 10.5. The molecule has 0 bridgehead atoms. The third-order valence-corrected chi connectivity index (χ3v) is 2.30. The number of benzene rings is 1. The number of hydrogen-bond donors (Lipinski definition) is 0. The number of ether oxygens (including phenoxy) is 1. The predicted molar refractivity (Wildman–Crippen MR) is 69.0 cm³/mol. The molecular weight excluding hydrogens is 198 g/mol. The average molecular weight is 219 g/mol. The van der Waals surface area contributed by atoms with E-state index in [2.05, 4.69) is 37.6 Å². The predicted octanol–water partition coefficient (Wildman–Crippen LogP) is 2.88. The summed E-state index contributed by atoms with van der Waals surface area (Å²) in [5, 5.41) is 0. The van der Waals surface area contributed by atoms with Crippen LogP contribution in [0.5, 0.6) is 5.75 Å². The first-order valence-electron chi connectivity index (χ1n) is 5.60. The van der Waals surface area contributed by atoms with Crippen LogP contribution in [0.3, 0.4) is 0 Å². The van der Waals surface area contributed by atoms with E-state index in [0.717, 1.165) is 18.8 Å². The van der Waals surface area contributed by atoms with Gasteiger partial charge in [-0.1, -0.05) is 29.8 Å². The molecular formula is C14H21NO. The second-order valence-corrected chi connectivity index (χ2v) is 4.36. The highest BCUT2D eigenvalue weighted by atomic mass is 16.5.